The summed E-state index contributed by atoms with van der Waals surface area (Å²) in [7, 11) is 1.73. The van der Waals surface area contributed by atoms with E-state index in [-0.39, 0.29) is 5.60 Å². The number of nitrogen functional groups attached to an aromatic ring is 1. The topological polar surface area (TPSA) is 87.0 Å². The molecule has 1 aliphatic carbocycles. The van der Waals surface area contributed by atoms with Crippen molar-refractivity contribution in [3.63, 3.8) is 0 Å². The van der Waals surface area contributed by atoms with Gasteiger partial charge >= 0.3 is 0 Å². The van der Waals surface area contributed by atoms with E-state index in [9.17, 15) is 0 Å². The van der Waals surface area contributed by atoms with E-state index in [1.54, 1.807) is 13.3 Å². The highest BCUT2D eigenvalue weighted by atomic mass is 16.5. The minimum absolute atomic E-state index is 0.364. The molecule has 0 atom stereocenters. The molecule has 1 heterocycles. The van der Waals surface area contributed by atoms with Crippen LogP contribution in [0.3, 0.4) is 0 Å². The zero-order chi connectivity index (χ0) is 13.2. The SMILES string of the molecule is COC1(c2ncc(CN)c(N)n2)CCC(C)CC1. The highest BCUT2D eigenvalue weighted by molar-refractivity contribution is 5.38. The molecule has 0 saturated heterocycles. The van der Waals surface area contributed by atoms with Crippen LogP contribution < -0.4 is 11.5 Å². The van der Waals surface area contributed by atoms with Crippen molar-refractivity contribution in [2.24, 2.45) is 11.7 Å². The van der Waals surface area contributed by atoms with Gasteiger partial charge in [0.05, 0.1) is 0 Å². The molecule has 1 fully saturated rings. The van der Waals surface area contributed by atoms with Crippen LogP contribution in [0.4, 0.5) is 5.82 Å². The van der Waals surface area contributed by atoms with Crippen LogP contribution in [0.5, 0.6) is 0 Å². The summed E-state index contributed by atoms with van der Waals surface area (Å²) in [5.74, 6) is 1.91. The van der Waals surface area contributed by atoms with Gasteiger partial charge in [0.15, 0.2) is 5.82 Å². The predicted octanol–water partition coefficient (Wildman–Crippen LogP) is 1.57. The summed E-state index contributed by atoms with van der Waals surface area (Å²) in [6, 6.07) is 0. The number of rotatable bonds is 3. The first-order valence-electron chi connectivity index (χ1n) is 6.48. The zero-order valence-electron chi connectivity index (χ0n) is 11.1. The Morgan fingerprint density at radius 3 is 2.61 bits per heavy atom. The molecule has 0 aliphatic heterocycles. The molecule has 1 aromatic heterocycles. The molecule has 5 nitrogen and oxygen atoms in total. The third kappa shape index (κ3) is 2.33. The Morgan fingerprint density at radius 1 is 1.44 bits per heavy atom. The average Bonchev–Trinajstić information content (AvgIpc) is 2.40. The largest absolute Gasteiger partial charge is 0.383 e. The molecular weight excluding hydrogens is 228 g/mol. The summed E-state index contributed by atoms with van der Waals surface area (Å²) in [5, 5.41) is 0. The lowest BCUT2D eigenvalue weighted by Crippen LogP contribution is -2.35. The fourth-order valence-electron chi connectivity index (χ4n) is 2.54. The average molecular weight is 250 g/mol. The molecule has 2 rings (SSSR count). The maximum atomic E-state index is 5.89. The number of aromatic nitrogens is 2. The van der Waals surface area contributed by atoms with Crippen molar-refractivity contribution in [2.75, 3.05) is 12.8 Å². The van der Waals surface area contributed by atoms with Crippen molar-refractivity contribution in [1.82, 2.24) is 9.97 Å². The Labute approximate surface area is 108 Å². The number of ether oxygens (including phenoxy) is 1. The number of methoxy groups -OCH3 is 1. The van der Waals surface area contributed by atoms with E-state index in [4.69, 9.17) is 16.2 Å². The highest BCUT2D eigenvalue weighted by Gasteiger charge is 2.38. The molecule has 4 N–H and O–H groups in total. The lowest BCUT2D eigenvalue weighted by molar-refractivity contribution is -0.0596. The van der Waals surface area contributed by atoms with Crippen molar-refractivity contribution in [2.45, 2.75) is 44.8 Å². The van der Waals surface area contributed by atoms with E-state index in [2.05, 4.69) is 16.9 Å². The van der Waals surface area contributed by atoms with Gasteiger partial charge in [-0.2, -0.15) is 0 Å². The third-order valence-corrected chi connectivity index (χ3v) is 4.00. The van der Waals surface area contributed by atoms with Crippen LogP contribution in [0.25, 0.3) is 0 Å². The number of anilines is 1. The van der Waals surface area contributed by atoms with Gasteiger partial charge in [0.2, 0.25) is 0 Å². The molecule has 0 bridgehead atoms. The zero-order valence-corrected chi connectivity index (χ0v) is 11.1. The highest BCUT2D eigenvalue weighted by Crippen LogP contribution is 2.40. The number of nitrogens with zero attached hydrogens (tertiary/aromatic N) is 2. The maximum Gasteiger partial charge on any atom is 0.162 e. The van der Waals surface area contributed by atoms with E-state index in [1.165, 1.54) is 0 Å². The number of nitrogens with two attached hydrogens (primary N) is 2. The second kappa shape index (κ2) is 5.20. The summed E-state index contributed by atoms with van der Waals surface area (Å²) in [5.41, 5.74) is 11.9. The smallest absolute Gasteiger partial charge is 0.162 e. The molecule has 0 aromatic carbocycles. The lowest BCUT2D eigenvalue weighted by Gasteiger charge is -2.36. The van der Waals surface area contributed by atoms with Crippen LogP contribution in [-0.4, -0.2) is 17.1 Å². The Kier molecular flexibility index (Phi) is 3.82. The van der Waals surface area contributed by atoms with Crippen LogP contribution in [0.15, 0.2) is 6.20 Å². The molecule has 1 saturated carbocycles. The first-order chi connectivity index (χ1) is 8.61. The standard InChI is InChI=1S/C13H22N4O/c1-9-3-5-13(18-2,6-4-9)12-16-8-10(7-14)11(15)17-12/h8-9H,3-7,14H2,1-2H3,(H2,15,16,17). The van der Waals surface area contributed by atoms with Crippen LogP contribution >= 0.6 is 0 Å². The molecular formula is C13H22N4O. The van der Waals surface area contributed by atoms with Crippen molar-refractivity contribution in [1.29, 1.82) is 0 Å². The van der Waals surface area contributed by atoms with Gasteiger partial charge in [-0.25, -0.2) is 9.97 Å². The molecule has 1 aliphatic rings. The lowest BCUT2D eigenvalue weighted by atomic mass is 9.79. The Hall–Kier alpha value is -1.20. The van der Waals surface area contributed by atoms with Gasteiger partial charge in [0.25, 0.3) is 0 Å². The molecule has 100 valence electrons. The van der Waals surface area contributed by atoms with Gasteiger partial charge in [0, 0.05) is 25.4 Å². The fourth-order valence-corrected chi connectivity index (χ4v) is 2.54. The third-order valence-electron chi connectivity index (χ3n) is 4.00. The van der Waals surface area contributed by atoms with Gasteiger partial charge in [0.1, 0.15) is 11.4 Å². The summed E-state index contributed by atoms with van der Waals surface area (Å²) >= 11 is 0. The summed E-state index contributed by atoms with van der Waals surface area (Å²) in [6.07, 6.45) is 5.89. The second-order valence-electron chi connectivity index (χ2n) is 5.19. The first kappa shape index (κ1) is 13.2. The monoisotopic (exact) mass is 250 g/mol. The van der Waals surface area contributed by atoms with Crippen molar-refractivity contribution < 1.29 is 4.74 Å². The Bertz CT molecular complexity index is 413. The Morgan fingerprint density at radius 2 is 2.11 bits per heavy atom. The normalized spacial score (nSPS) is 28.3. The van der Waals surface area contributed by atoms with E-state index in [0.29, 0.717) is 18.2 Å². The first-order valence-corrected chi connectivity index (χ1v) is 6.48. The second-order valence-corrected chi connectivity index (χ2v) is 5.19. The van der Waals surface area contributed by atoms with Crippen molar-refractivity contribution in [3.8, 4) is 0 Å². The minimum atomic E-state index is -0.367. The molecule has 18 heavy (non-hydrogen) atoms. The van der Waals surface area contributed by atoms with Crippen molar-refractivity contribution in [3.05, 3.63) is 17.6 Å². The van der Waals surface area contributed by atoms with Gasteiger partial charge < -0.3 is 16.2 Å². The molecule has 5 heteroatoms. The van der Waals surface area contributed by atoms with E-state index < -0.39 is 0 Å². The van der Waals surface area contributed by atoms with Gasteiger partial charge in [-0.05, 0) is 31.6 Å². The van der Waals surface area contributed by atoms with Crippen LogP contribution in [0.1, 0.15) is 44.0 Å². The number of hydrogen-bond acceptors (Lipinski definition) is 5. The number of hydrogen-bond donors (Lipinski definition) is 2. The van der Waals surface area contributed by atoms with Crippen LogP contribution in [0.2, 0.25) is 0 Å². The molecule has 0 amide bonds. The summed E-state index contributed by atoms with van der Waals surface area (Å²) < 4.78 is 5.73. The van der Waals surface area contributed by atoms with Gasteiger partial charge in [-0.15, -0.1) is 0 Å². The summed E-state index contributed by atoms with van der Waals surface area (Å²) in [4.78, 5) is 8.80. The molecule has 0 unspecified atom stereocenters. The quantitative estimate of drug-likeness (QED) is 0.850. The predicted molar refractivity (Wildman–Crippen MR) is 70.7 cm³/mol. The molecule has 1 aromatic rings. The van der Waals surface area contributed by atoms with E-state index in [1.807, 2.05) is 0 Å². The summed E-state index contributed by atoms with van der Waals surface area (Å²) in [6.45, 7) is 2.63. The van der Waals surface area contributed by atoms with Crippen molar-refractivity contribution >= 4 is 5.82 Å². The van der Waals surface area contributed by atoms with E-state index >= 15 is 0 Å². The van der Waals surface area contributed by atoms with Crippen LogP contribution in [0, 0.1) is 5.92 Å². The molecule has 0 radical (unpaired) electrons. The van der Waals surface area contributed by atoms with Gasteiger partial charge in [-0.1, -0.05) is 6.92 Å². The van der Waals surface area contributed by atoms with Crippen LogP contribution in [-0.2, 0) is 16.9 Å². The van der Waals surface area contributed by atoms with E-state index in [0.717, 1.165) is 37.2 Å². The maximum absolute atomic E-state index is 5.89. The van der Waals surface area contributed by atoms with Gasteiger partial charge in [-0.3, -0.25) is 0 Å². The minimum Gasteiger partial charge on any atom is -0.383 e. The molecule has 0 spiro atoms. The Balaban J connectivity index is 2.30. The fraction of sp³-hybridized carbons (Fsp3) is 0.692.